The van der Waals surface area contributed by atoms with Crippen molar-refractivity contribution in [1.82, 2.24) is 14.9 Å². The van der Waals surface area contributed by atoms with E-state index in [1.54, 1.807) is 0 Å². The Balaban J connectivity index is 1.93. The molecule has 1 fully saturated rings. The average Bonchev–Trinajstić information content (AvgIpc) is 3.16. The summed E-state index contributed by atoms with van der Waals surface area (Å²) in [6.07, 6.45) is -1.69. The van der Waals surface area contributed by atoms with Crippen LogP contribution in [0.5, 0.6) is 0 Å². The Bertz CT molecular complexity index is 784. The van der Waals surface area contributed by atoms with Gasteiger partial charge >= 0.3 is 11.8 Å². The Morgan fingerprint density at radius 3 is 2.43 bits per heavy atom. The molecule has 1 saturated heterocycles. The van der Waals surface area contributed by atoms with Gasteiger partial charge in [-0.05, 0) is 24.3 Å². The molecule has 1 aliphatic heterocycles. The second-order valence-electron chi connectivity index (χ2n) is 5.72. The molecule has 0 spiro atoms. The fourth-order valence-electron chi connectivity index (χ4n) is 2.46. The first-order chi connectivity index (χ1) is 13.3. The predicted octanol–water partition coefficient (Wildman–Crippen LogP) is -0.976. The number of nitrogens with zero attached hydrogens (tertiary/aromatic N) is 1. The molecule has 2 rings (SSSR count). The highest BCUT2D eigenvalue weighted by atomic mass is 32.2. The minimum atomic E-state index is -3.94. The summed E-state index contributed by atoms with van der Waals surface area (Å²) in [6, 6.07) is 4.37. The molecule has 0 bridgehead atoms. The van der Waals surface area contributed by atoms with E-state index in [-0.39, 0.29) is 31.1 Å². The molecule has 12 heteroatoms. The number of hydrogen-bond donors (Lipinski definition) is 2. The van der Waals surface area contributed by atoms with Crippen LogP contribution in [0.15, 0.2) is 29.2 Å². The third-order valence-corrected chi connectivity index (χ3v) is 5.86. The second kappa shape index (κ2) is 9.89. The number of hydrogen-bond acceptors (Lipinski definition) is 7. The number of amides is 2. The second-order valence-corrected chi connectivity index (χ2v) is 7.61. The van der Waals surface area contributed by atoms with Crippen molar-refractivity contribution in [3.8, 4) is 0 Å². The first-order valence-electron chi connectivity index (χ1n) is 8.30. The van der Waals surface area contributed by atoms with Gasteiger partial charge in [-0.3, -0.25) is 9.59 Å². The van der Waals surface area contributed by atoms with Crippen molar-refractivity contribution in [2.75, 3.05) is 40.5 Å². The quantitative estimate of drug-likeness (QED) is 0.410. The Labute approximate surface area is 162 Å². The van der Waals surface area contributed by atoms with Gasteiger partial charge in [0.05, 0.1) is 24.6 Å². The monoisotopic (exact) mass is 419 g/mol. The van der Waals surface area contributed by atoms with Crippen LogP contribution in [0.3, 0.4) is 0 Å². The van der Waals surface area contributed by atoms with Crippen molar-refractivity contribution < 1.29 is 36.6 Å². The first kappa shape index (κ1) is 22.2. The van der Waals surface area contributed by atoms with Crippen LogP contribution in [-0.4, -0.2) is 77.5 Å². The number of carbonyl (C=O) groups is 2. The van der Waals surface area contributed by atoms with Crippen LogP contribution in [0.1, 0.15) is 0 Å². The fraction of sp³-hybridized carbons (Fsp3) is 0.500. The zero-order valence-corrected chi connectivity index (χ0v) is 16.2. The van der Waals surface area contributed by atoms with Crippen LogP contribution >= 0.6 is 0 Å². The maximum Gasteiger partial charge on any atom is 0.309 e. The summed E-state index contributed by atoms with van der Waals surface area (Å²) in [5.41, 5.74) is 0. The normalized spacial score (nSPS) is 17.6. The van der Waals surface area contributed by atoms with E-state index in [4.69, 9.17) is 14.2 Å². The molecule has 2 N–H and O–H groups in total. The molecule has 2 amide bonds. The van der Waals surface area contributed by atoms with Crippen LogP contribution in [0.4, 0.5) is 4.39 Å². The average molecular weight is 419 g/mol. The summed E-state index contributed by atoms with van der Waals surface area (Å²) in [4.78, 5) is 23.6. The lowest BCUT2D eigenvalue weighted by molar-refractivity contribution is -0.142. The molecule has 0 radical (unpaired) electrons. The van der Waals surface area contributed by atoms with Gasteiger partial charge in [0.25, 0.3) is 0 Å². The highest BCUT2D eigenvalue weighted by molar-refractivity contribution is 7.89. The highest BCUT2D eigenvalue weighted by Crippen LogP contribution is 2.22. The van der Waals surface area contributed by atoms with Crippen LogP contribution in [0.25, 0.3) is 0 Å². The molecule has 10 nitrogen and oxygen atoms in total. The van der Waals surface area contributed by atoms with Crippen molar-refractivity contribution in [2.24, 2.45) is 0 Å². The SMILES string of the molecule is COC(CNC(=O)C(=O)NCC1OCCN1S(=O)(=O)c1ccc(F)cc1)OC. The van der Waals surface area contributed by atoms with E-state index in [0.29, 0.717) is 0 Å². The molecular formula is C16H22FN3O7S. The lowest BCUT2D eigenvalue weighted by Gasteiger charge is -2.23. The Hall–Kier alpha value is -2.12. The first-order valence-corrected chi connectivity index (χ1v) is 9.74. The van der Waals surface area contributed by atoms with Gasteiger partial charge in [-0.1, -0.05) is 0 Å². The van der Waals surface area contributed by atoms with E-state index < -0.39 is 40.2 Å². The molecule has 1 atom stereocenters. The van der Waals surface area contributed by atoms with Crippen molar-refractivity contribution >= 4 is 21.8 Å². The van der Waals surface area contributed by atoms with Crippen molar-refractivity contribution in [3.63, 3.8) is 0 Å². The number of benzene rings is 1. The van der Waals surface area contributed by atoms with Crippen LogP contribution in [0.2, 0.25) is 0 Å². The summed E-state index contributed by atoms with van der Waals surface area (Å²) in [6.45, 7) is -0.0821. The highest BCUT2D eigenvalue weighted by Gasteiger charge is 2.36. The number of halogens is 1. The number of ether oxygens (including phenoxy) is 3. The molecule has 1 unspecified atom stereocenters. The maximum atomic E-state index is 13.0. The number of nitrogens with one attached hydrogen (secondary N) is 2. The van der Waals surface area contributed by atoms with Gasteiger partial charge in [0, 0.05) is 20.8 Å². The van der Waals surface area contributed by atoms with Gasteiger partial charge < -0.3 is 24.8 Å². The third kappa shape index (κ3) is 5.45. The lowest BCUT2D eigenvalue weighted by Crippen LogP contribution is -2.48. The molecule has 0 aliphatic carbocycles. The van der Waals surface area contributed by atoms with Crippen LogP contribution in [0, 0.1) is 5.82 Å². The van der Waals surface area contributed by atoms with E-state index in [2.05, 4.69) is 10.6 Å². The van der Waals surface area contributed by atoms with Crippen molar-refractivity contribution in [2.45, 2.75) is 17.4 Å². The number of methoxy groups -OCH3 is 2. The molecule has 1 aromatic carbocycles. The Kier molecular flexibility index (Phi) is 7.83. The molecule has 0 saturated carbocycles. The van der Waals surface area contributed by atoms with Crippen LogP contribution in [-0.2, 0) is 33.8 Å². The fourth-order valence-corrected chi connectivity index (χ4v) is 3.97. The van der Waals surface area contributed by atoms with Crippen LogP contribution < -0.4 is 10.6 Å². The summed E-state index contributed by atoms with van der Waals surface area (Å²) in [5, 5.41) is 4.65. The Morgan fingerprint density at radius 1 is 1.21 bits per heavy atom. The van der Waals surface area contributed by atoms with Crippen molar-refractivity contribution in [3.05, 3.63) is 30.1 Å². The zero-order valence-electron chi connectivity index (χ0n) is 15.4. The van der Waals surface area contributed by atoms with E-state index in [0.717, 1.165) is 28.6 Å². The smallest absolute Gasteiger partial charge is 0.309 e. The van der Waals surface area contributed by atoms with Gasteiger partial charge in [0.2, 0.25) is 10.0 Å². The molecule has 1 aromatic rings. The Morgan fingerprint density at radius 2 is 1.82 bits per heavy atom. The van der Waals surface area contributed by atoms with Crippen molar-refractivity contribution in [1.29, 1.82) is 0 Å². The molecule has 0 aromatic heterocycles. The maximum absolute atomic E-state index is 13.0. The summed E-state index contributed by atoms with van der Waals surface area (Å²) >= 11 is 0. The van der Waals surface area contributed by atoms with Gasteiger partial charge in [-0.2, -0.15) is 4.31 Å². The topological polar surface area (TPSA) is 123 Å². The van der Waals surface area contributed by atoms with Gasteiger partial charge in [-0.25, -0.2) is 12.8 Å². The summed E-state index contributed by atoms with van der Waals surface area (Å²) < 4.78 is 54.6. The molecule has 156 valence electrons. The largest absolute Gasteiger partial charge is 0.359 e. The standard InChI is InChI=1S/C16H22FN3O7S/c1-25-14(26-2)10-19-16(22)15(21)18-9-13-20(7-8-27-13)28(23,24)12-5-3-11(17)4-6-12/h3-6,13-14H,7-10H2,1-2H3,(H,18,21)(H,19,22). The lowest BCUT2D eigenvalue weighted by atomic mass is 10.4. The summed E-state index contributed by atoms with van der Waals surface area (Å²) in [7, 11) is -1.18. The zero-order chi connectivity index (χ0) is 20.7. The number of rotatable bonds is 8. The van der Waals surface area contributed by atoms with Gasteiger partial charge in [0.1, 0.15) is 12.0 Å². The van der Waals surface area contributed by atoms with E-state index in [9.17, 15) is 22.4 Å². The minimum Gasteiger partial charge on any atom is -0.359 e. The molecule has 28 heavy (non-hydrogen) atoms. The third-order valence-electron chi connectivity index (χ3n) is 3.96. The number of carbonyl (C=O) groups excluding carboxylic acids is 2. The van der Waals surface area contributed by atoms with Gasteiger partial charge in [-0.15, -0.1) is 0 Å². The van der Waals surface area contributed by atoms with E-state index in [1.807, 2.05) is 0 Å². The molecule has 1 heterocycles. The van der Waals surface area contributed by atoms with Gasteiger partial charge in [0.15, 0.2) is 6.29 Å². The van der Waals surface area contributed by atoms with E-state index >= 15 is 0 Å². The minimum absolute atomic E-state index is 0.0374. The van der Waals surface area contributed by atoms with E-state index in [1.165, 1.54) is 14.2 Å². The predicted molar refractivity (Wildman–Crippen MR) is 93.9 cm³/mol. The molecule has 1 aliphatic rings. The number of sulfonamides is 1. The molecular weight excluding hydrogens is 397 g/mol. The summed E-state index contributed by atoms with van der Waals surface area (Å²) in [5.74, 6) is -2.44.